The van der Waals surface area contributed by atoms with Gasteiger partial charge in [-0.15, -0.1) is 0 Å². The van der Waals surface area contributed by atoms with Crippen molar-refractivity contribution in [2.75, 3.05) is 13.1 Å². The van der Waals surface area contributed by atoms with Gasteiger partial charge in [0.1, 0.15) is 11.7 Å². The molecule has 2 unspecified atom stereocenters. The average Bonchev–Trinajstić information content (AvgIpc) is 3.75. The lowest BCUT2D eigenvalue weighted by molar-refractivity contribution is -0.135. The number of nitrogens with one attached hydrogen (secondary N) is 4. The Balaban J connectivity index is 1.18. The van der Waals surface area contributed by atoms with Crippen molar-refractivity contribution in [3.8, 4) is 0 Å². The molecule has 13 nitrogen and oxygen atoms in total. The first-order chi connectivity index (χ1) is 23.7. The number of hydrogen-bond acceptors (Lipinski definition) is 9. The summed E-state index contributed by atoms with van der Waals surface area (Å²) in [5.74, 6) is -1.59. The molecule has 2 aliphatic heterocycles. The highest BCUT2D eigenvalue weighted by atomic mass is 16.3. The second-order valence-electron chi connectivity index (χ2n) is 17.1. The van der Waals surface area contributed by atoms with Gasteiger partial charge in [-0.2, -0.15) is 0 Å². The third-order valence-corrected chi connectivity index (χ3v) is 11.9. The van der Waals surface area contributed by atoms with E-state index in [1.165, 1.54) is 18.6 Å². The van der Waals surface area contributed by atoms with Crippen LogP contribution in [-0.2, 0) is 19.2 Å². The zero-order chi connectivity index (χ0) is 35.8. The minimum absolute atomic E-state index is 0.0211. The fourth-order valence-electron chi connectivity index (χ4n) is 9.16. The van der Waals surface area contributed by atoms with Crippen molar-refractivity contribution < 1.29 is 29.1 Å². The summed E-state index contributed by atoms with van der Waals surface area (Å²) in [5, 5.41) is 22.8. The van der Waals surface area contributed by atoms with Gasteiger partial charge in [0, 0.05) is 25.0 Å². The van der Waals surface area contributed by atoms with Crippen molar-refractivity contribution in [2.24, 2.45) is 28.6 Å². The van der Waals surface area contributed by atoms with Crippen LogP contribution in [0.5, 0.6) is 0 Å². The Morgan fingerprint density at radius 1 is 1.02 bits per heavy atom. The van der Waals surface area contributed by atoms with Gasteiger partial charge in [0.2, 0.25) is 11.8 Å². The molecule has 2 saturated heterocycles. The van der Waals surface area contributed by atoms with Crippen LogP contribution >= 0.6 is 0 Å². The summed E-state index contributed by atoms with van der Waals surface area (Å²) in [5.41, 5.74) is -0.559. The zero-order valence-electron chi connectivity index (χ0n) is 30.0. The number of aromatic nitrogens is 2. The molecule has 8 atom stereocenters. The topological polar surface area (TPSA) is 183 Å². The number of amides is 4. The standard InChI is InChI=1S/C37H55N7O6/c1-36(2,3)31(43-33(48)28(21-8-6-5-7-9-21)42-32(47)26-18-38-14-15-39-26)27(45)20-44-19-22-16-37(4)13-12-25(30(46)35(50)40-23-10-11-23)41-34(49)29(44)24(22)17-37/h14-15,18,21-25,28-31,46H,5-13,16-17,19-20H2,1-4H3,(H,40,50)(H,41,49)(H,42,47)(H,43,48)/t22-,24-,25-,28-,29-,30?,31+,37?/m0/s1. The van der Waals surface area contributed by atoms with Crippen LogP contribution in [0.1, 0.15) is 109 Å². The smallest absolute Gasteiger partial charge is 0.272 e. The van der Waals surface area contributed by atoms with E-state index in [0.29, 0.717) is 13.0 Å². The molecular weight excluding hydrogens is 638 g/mol. The Labute approximate surface area is 294 Å². The summed E-state index contributed by atoms with van der Waals surface area (Å²) in [6.45, 7) is 8.50. The molecule has 1 aromatic heterocycles. The first-order valence-corrected chi connectivity index (χ1v) is 18.7. The Kier molecular flexibility index (Phi) is 10.7. The highest BCUT2D eigenvalue weighted by molar-refractivity contribution is 5.98. The number of ketones is 1. The number of rotatable bonds is 11. The lowest BCUT2D eigenvalue weighted by Crippen LogP contribution is -2.60. The molecule has 0 radical (unpaired) electrons. The molecule has 1 aromatic rings. The highest BCUT2D eigenvalue weighted by Crippen LogP contribution is 2.54. The van der Waals surface area contributed by atoms with Crippen molar-refractivity contribution >= 4 is 29.4 Å². The van der Waals surface area contributed by atoms with Crippen molar-refractivity contribution in [2.45, 2.75) is 135 Å². The summed E-state index contributed by atoms with van der Waals surface area (Å²) in [6, 6.07) is -2.92. The minimum atomic E-state index is -1.35. The number of nitrogens with zero attached hydrogens (tertiary/aromatic N) is 3. The van der Waals surface area contributed by atoms with Crippen LogP contribution < -0.4 is 21.3 Å². The Bertz CT molecular complexity index is 1440. The van der Waals surface area contributed by atoms with Gasteiger partial charge >= 0.3 is 0 Å². The van der Waals surface area contributed by atoms with Crippen LogP contribution in [0.15, 0.2) is 18.6 Å². The number of carbonyl (C=O) groups is 5. The SMILES string of the molecule is CC12CC[C@@H](C(O)C(=O)NC3CC3)NC(=O)[C@@H]3[C@@H](C1)[C@H](CN3CC(=O)[C@@H](NC(=O)[C@@H](NC(=O)c1cnccn1)C1CCCCC1)C(C)(C)C)C2. The number of aliphatic hydroxyl groups is 1. The molecule has 4 amide bonds. The number of fused-ring (bicyclic) bond motifs is 1. The number of carbonyl (C=O) groups excluding carboxylic acids is 5. The average molecular weight is 694 g/mol. The fraction of sp³-hybridized carbons (Fsp3) is 0.757. The maximum atomic E-state index is 14.3. The molecule has 13 heteroatoms. The van der Waals surface area contributed by atoms with Crippen LogP contribution in [-0.4, -0.2) is 98.8 Å². The van der Waals surface area contributed by atoms with E-state index < -0.39 is 53.4 Å². The van der Waals surface area contributed by atoms with E-state index in [9.17, 15) is 29.1 Å². The van der Waals surface area contributed by atoms with E-state index in [2.05, 4.69) is 38.2 Å². The van der Waals surface area contributed by atoms with Gasteiger partial charge in [0.15, 0.2) is 11.9 Å². The monoisotopic (exact) mass is 693 g/mol. The second kappa shape index (κ2) is 14.7. The maximum absolute atomic E-state index is 14.3. The fourth-order valence-corrected chi connectivity index (χ4v) is 9.16. The quantitative estimate of drug-likeness (QED) is 0.231. The van der Waals surface area contributed by atoms with Gasteiger partial charge in [0.05, 0.1) is 30.9 Å². The molecule has 5 aliphatic rings. The van der Waals surface area contributed by atoms with Crippen molar-refractivity contribution in [1.82, 2.24) is 36.1 Å². The van der Waals surface area contributed by atoms with E-state index in [1.807, 2.05) is 25.7 Å². The van der Waals surface area contributed by atoms with Crippen molar-refractivity contribution in [3.63, 3.8) is 0 Å². The second-order valence-corrected chi connectivity index (χ2v) is 17.1. The Morgan fingerprint density at radius 2 is 1.76 bits per heavy atom. The van der Waals surface area contributed by atoms with Crippen molar-refractivity contribution in [3.05, 3.63) is 24.3 Å². The van der Waals surface area contributed by atoms with Gasteiger partial charge in [-0.05, 0) is 80.0 Å². The largest absolute Gasteiger partial charge is 0.381 e. The lowest BCUT2D eigenvalue weighted by atomic mass is 9.80. The molecule has 5 fully saturated rings. The number of likely N-dealkylation sites (tertiary alicyclic amines) is 1. The summed E-state index contributed by atoms with van der Waals surface area (Å²) >= 11 is 0. The van der Waals surface area contributed by atoms with E-state index >= 15 is 0 Å². The highest BCUT2D eigenvalue weighted by Gasteiger charge is 2.56. The molecule has 3 heterocycles. The van der Waals surface area contributed by atoms with E-state index in [0.717, 1.165) is 64.2 Å². The summed E-state index contributed by atoms with van der Waals surface area (Å²) in [7, 11) is 0. The molecule has 0 spiro atoms. The number of aliphatic hydroxyl groups excluding tert-OH is 1. The normalized spacial score (nSPS) is 30.5. The zero-order valence-corrected chi connectivity index (χ0v) is 30.0. The molecule has 5 N–H and O–H groups in total. The Morgan fingerprint density at radius 3 is 2.42 bits per heavy atom. The maximum Gasteiger partial charge on any atom is 0.272 e. The number of Topliss-reactive ketones (excluding diaryl/α,β-unsaturated/α-hetero) is 1. The van der Waals surface area contributed by atoms with Crippen LogP contribution in [0.4, 0.5) is 0 Å². The molecular formula is C37H55N7O6. The Hall–Kier alpha value is -3.45. The molecule has 2 bridgehead atoms. The predicted molar refractivity (Wildman–Crippen MR) is 184 cm³/mol. The first kappa shape index (κ1) is 36.3. The van der Waals surface area contributed by atoms with E-state index in [4.69, 9.17) is 0 Å². The van der Waals surface area contributed by atoms with Crippen LogP contribution in [0.2, 0.25) is 0 Å². The molecule has 6 rings (SSSR count). The molecule has 3 aliphatic carbocycles. The van der Waals surface area contributed by atoms with Gasteiger partial charge in [-0.25, -0.2) is 4.98 Å². The third kappa shape index (κ3) is 8.19. The van der Waals surface area contributed by atoms with Gasteiger partial charge in [-0.1, -0.05) is 47.0 Å². The van der Waals surface area contributed by atoms with Gasteiger partial charge in [-0.3, -0.25) is 33.9 Å². The lowest BCUT2D eigenvalue weighted by Gasteiger charge is -2.36. The van der Waals surface area contributed by atoms with Crippen LogP contribution in [0.25, 0.3) is 0 Å². The first-order valence-electron chi connectivity index (χ1n) is 18.7. The minimum Gasteiger partial charge on any atom is -0.381 e. The molecule has 3 saturated carbocycles. The number of hydrogen-bond donors (Lipinski definition) is 5. The summed E-state index contributed by atoms with van der Waals surface area (Å²) < 4.78 is 0. The molecule has 0 aromatic carbocycles. The van der Waals surface area contributed by atoms with Crippen LogP contribution in [0.3, 0.4) is 0 Å². The van der Waals surface area contributed by atoms with Crippen LogP contribution in [0, 0.1) is 28.6 Å². The molecule has 274 valence electrons. The predicted octanol–water partition coefficient (Wildman–Crippen LogP) is 1.89. The molecule has 50 heavy (non-hydrogen) atoms. The third-order valence-electron chi connectivity index (χ3n) is 11.9. The van der Waals surface area contributed by atoms with Gasteiger partial charge < -0.3 is 26.4 Å². The van der Waals surface area contributed by atoms with Gasteiger partial charge in [0.25, 0.3) is 11.8 Å². The summed E-state index contributed by atoms with van der Waals surface area (Å²) in [4.78, 5) is 78.4. The summed E-state index contributed by atoms with van der Waals surface area (Å²) in [6.07, 6.45) is 12.3. The van der Waals surface area contributed by atoms with E-state index in [-0.39, 0.29) is 53.1 Å². The van der Waals surface area contributed by atoms with E-state index in [1.54, 1.807) is 0 Å². The van der Waals surface area contributed by atoms with Crippen molar-refractivity contribution in [1.29, 1.82) is 0 Å².